The van der Waals surface area contributed by atoms with Crippen LogP contribution >= 0.6 is 0 Å². The van der Waals surface area contributed by atoms with Gasteiger partial charge in [0, 0.05) is 11.8 Å². The molecule has 1 saturated heterocycles. The van der Waals surface area contributed by atoms with Crippen LogP contribution in [0, 0.1) is 0 Å². The van der Waals surface area contributed by atoms with Crippen LogP contribution in [-0.2, 0) is 24.7 Å². The average Bonchev–Trinajstić information content (AvgIpc) is 3.32. The zero-order valence-corrected chi connectivity index (χ0v) is 17.4. The van der Waals surface area contributed by atoms with Crippen molar-refractivity contribution in [3.05, 3.63) is 54.1 Å². The van der Waals surface area contributed by atoms with E-state index in [1.807, 2.05) is 0 Å². The first kappa shape index (κ1) is 21.2. The first-order valence-electron chi connectivity index (χ1n) is 9.87. The molecule has 0 saturated carbocycles. The lowest BCUT2D eigenvalue weighted by Gasteiger charge is -2.22. The molecule has 10 nitrogen and oxygen atoms in total. The molecule has 2 aromatic rings. The zero-order valence-electron chi connectivity index (χ0n) is 17.4. The highest BCUT2D eigenvalue weighted by molar-refractivity contribution is 6.09. The van der Waals surface area contributed by atoms with Gasteiger partial charge in [0.05, 0.1) is 0 Å². The summed E-state index contributed by atoms with van der Waals surface area (Å²) in [7, 11) is 0. The lowest BCUT2D eigenvalue weighted by atomic mass is 9.92. The number of carbonyl (C=O) groups excluding carboxylic acids is 4. The smallest absolute Gasteiger partial charge is 0.327 e. The van der Waals surface area contributed by atoms with Crippen LogP contribution < -0.4 is 20.1 Å². The van der Waals surface area contributed by atoms with Crippen molar-refractivity contribution in [1.82, 2.24) is 10.2 Å². The van der Waals surface area contributed by atoms with Gasteiger partial charge in [-0.3, -0.25) is 19.3 Å². The Kier molecular flexibility index (Phi) is 5.43. The maximum absolute atomic E-state index is 12.9. The maximum atomic E-state index is 12.9. The number of rotatable bonds is 6. The van der Waals surface area contributed by atoms with Gasteiger partial charge >= 0.3 is 12.0 Å². The van der Waals surface area contributed by atoms with E-state index in [-0.39, 0.29) is 6.79 Å². The third-order valence-corrected chi connectivity index (χ3v) is 5.23. The first-order chi connectivity index (χ1) is 15.3. The monoisotopic (exact) mass is 439 g/mol. The van der Waals surface area contributed by atoms with Crippen LogP contribution in [0.4, 0.5) is 10.5 Å². The summed E-state index contributed by atoms with van der Waals surface area (Å²) in [6, 6.07) is 12.9. The molecule has 32 heavy (non-hydrogen) atoms. The average molecular weight is 439 g/mol. The second kappa shape index (κ2) is 8.22. The van der Waals surface area contributed by atoms with E-state index in [9.17, 15) is 19.2 Å². The van der Waals surface area contributed by atoms with Gasteiger partial charge in [-0.2, -0.15) is 0 Å². The summed E-state index contributed by atoms with van der Waals surface area (Å²) in [5.41, 5.74) is -0.262. The number of amides is 4. The summed E-state index contributed by atoms with van der Waals surface area (Å²) >= 11 is 0. The van der Waals surface area contributed by atoms with E-state index >= 15 is 0 Å². The molecule has 10 heteroatoms. The Labute approximate surface area is 183 Å². The summed E-state index contributed by atoms with van der Waals surface area (Å²) < 4.78 is 15.6. The minimum absolute atomic E-state index is 0.104. The minimum atomic E-state index is -1.29. The SMILES string of the molecule is CC(OC(=O)CN1C(=O)NC(C)(c2ccccc2)C1=O)C(=O)Nc1ccc2c(c1)OCO2. The fourth-order valence-electron chi connectivity index (χ4n) is 3.44. The van der Waals surface area contributed by atoms with Gasteiger partial charge in [-0.1, -0.05) is 30.3 Å². The predicted molar refractivity (Wildman–Crippen MR) is 111 cm³/mol. The molecule has 0 spiro atoms. The number of hydrogen-bond donors (Lipinski definition) is 2. The molecule has 2 unspecified atom stereocenters. The van der Waals surface area contributed by atoms with Crippen LogP contribution in [0.1, 0.15) is 19.4 Å². The van der Waals surface area contributed by atoms with Crippen LogP contribution in [0.3, 0.4) is 0 Å². The number of urea groups is 1. The quantitative estimate of drug-likeness (QED) is 0.519. The number of ether oxygens (including phenoxy) is 3. The Hall–Kier alpha value is -4.08. The molecule has 2 aliphatic rings. The molecule has 4 amide bonds. The zero-order chi connectivity index (χ0) is 22.9. The summed E-state index contributed by atoms with van der Waals surface area (Å²) in [5.74, 6) is -0.989. The van der Waals surface area contributed by atoms with Crippen molar-refractivity contribution in [2.45, 2.75) is 25.5 Å². The van der Waals surface area contributed by atoms with Gasteiger partial charge in [0.15, 0.2) is 17.6 Å². The number of esters is 1. The number of imide groups is 1. The van der Waals surface area contributed by atoms with Crippen LogP contribution in [0.2, 0.25) is 0 Å². The van der Waals surface area contributed by atoms with Crippen molar-refractivity contribution in [3.63, 3.8) is 0 Å². The largest absolute Gasteiger partial charge is 0.454 e. The molecule has 2 atom stereocenters. The molecule has 4 rings (SSSR count). The van der Waals surface area contributed by atoms with Crippen molar-refractivity contribution in [2.24, 2.45) is 0 Å². The fraction of sp³-hybridized carbons (Fsp3) is 0.273. The Morgan fingerprint density at radius 1 is 1.16 bits per heavy atom. The topological polar surface area (TPSA) is 123 Å². The van der Waals surface area contributed by atoms with Gasteiger partial charge in [0.2, 0.25) is 6.79 Å². The highest BCUT2D eigenvalue weighted by Gasteiger charge is 2.49. The number of fused-ring (bicyclic) bond motifs is 1. The van der Waals surface area contributed by atoms with E-state index in [0.29, 0.717) is 22.7 Å². The third-order valence-electron chi connectivity index (χ3n) is 5.23. The Morgan fingerprint density at radius 3 is 2.62 bits per heavy atom. The van der Waals surface area contributed by atoms with Gasteiger partial charge in [0.1, 0.15) is 12.1 Å². The summed E-state index contributed by atoms with van der Waals surface area (Å²) in [4.78, 5) is 50.7. The summed E-state index contributed by atoms with van der Waals surface area (Å²) in [6.07, 6.45) is -1.16. The van der Waals surface area contributed by atoms with E-state index in [1.54, 1.807) is 55.5 Å². The molecular weight excluding hydrogens is 418 g/mol. The standard InChI is InChI=1S/C22H21N3O7/c1-13(19(27)23-15-8-9-16-17(10-15)31-12-30-16)32-18(26)11-25-20(28)22(2,24-21(25)29)14-6-4-3-5-7-14/h3-10,13H,11-12H2,1-2H3,(H,23,27)(H,24,29). The summed E-state index contributed by atoms with van der Waals surface area (Å²) in [5, 5.41) is 5.22. The second-order valence-corrected chi connectivity index (χ2v) is 7.50. The van der Waals surface area contributed by atoms with Gasteiger partial charge in [-0.25, -0.2) is 4.79 Å². The predicted octanol–water partition coefficient (Wildman–Crippen LogP) is 1.75. The molecule has 0 radical (unpaired) electrons. The fourth-order valence-corrected chi connectivity index (χ4v) is 3.44. The number of benzene rings is 2. The normalized spacial score (nSPS) is 20.0. The number of hydrogen-bond acceptors (Lipinski definition) is 7. The lowest BCUT2D eigenvalue weighted by Crippen LogP contribution is -2.42. The van der Waals surface area contributed by atoms with Crippen molar-refractivity contribution >= 4 is 29.5 Å². The number of nitrogens with one attached hydrogen (secondary N) is 2. The van der Waals surface area contributed by atoms with E-state index < -0.39 is 42.0 Å². The van der Waals surface area contributed by atoms with E-state index in [0.717, 1.165) is 4.90 Å². The molecule has 1 fully saturated rings. The van der Waals surface area contributed by atoms with Crippen molar-refractivity contribution in [1.29, 1.82) is 0 Å². The van der Waals surface area contributed by atoms with Gasteiger partial charge in [0.25, 0.3) is 11.8 Å². The molecule has 2 aromatic carbocycles. The molecule has 2 aliphatic heterocycles. The Balaban J connectivity index is 1.35. The number of carbonyl (C=O) groups is 4. The van der Waals surface area contributed by atoms with E-state index in [2.05, 4.69) is 10.6 Å². The van der Waals surface area contributed by atoms with Gasteiger partial charge in [-0.05, 0) is 31.5 Å². The first-order valence-corrected chi connectivity index (χ1v) is 9.87. The molecule has 0 bridgehead atoms. The van der Waals surface area contributed by atoms with Crippen molar-refractivity contribution < 1.29 is 33.4 Å². The molecule has 166 valence electrons. The highest BCUT2D eigenvalue weighted by atomic mass is 16.7. The maximum Gasteiger partial charge on any atom is 0.327 e. The van der Waals surface area contributed by atoms with Crippen molar-refractivity contribution in [2.75, 3.05) is 18.7 Å². The van der Waals surface area contributed by atoms with E-state index in [4.69, 9.17) is 14.2 Å². The molecule has 2 heterocycles. The summed E-state index contributed by atoms with van der Waals surface area (Å²) in [6.45, 7) is 2.44. The molecule has 0 aliphatic carbocycles. The highest BCUT2D eigenvalue weighted by Crippen LogP contribution is 2.34. The van der Waals surface area contributed by atoms with Crippen LogP contribution in [0.15, 0.2) is 48.5 Å². The number of nitrogens with zero attached hydrogens (tertiary/aromatic N) is 1. The molecule has 2 N–H and O–H groups in total. The third kappa shape index (κ3) is 3.94. The van der Waals surface area contributed by atoms with Crippen LogP contribution in [-0.4, -0.2) is 48.2 Å². The van der Waals surface area contributed by atoms with Gasteiger partial charge in [-0.15, -0.1) is 0 Å². The lowest BCUT2D eigenvalue weighted by molar-refractivity contribution is -0.155. The minimum Gasteiger partial charge on any atom is -0.454 e. The van der Waals surface area contributed by atoms with E-state index in [1.165, 1.54) is 6.92 Å². The second-order valence-electron chi connectivity index (χ2n) is 7.50. The molecule has 0 aromatic heterocycles. The number of anilines is 1. The Morgan fingerprint density at radius 2 is 1.88 bits per heavy atom. The van der Waals surface area contributed by atoms with Crippen LogP contribution in [0.5, 0.6) is 11.5 Å². The van der Waals surface area contributed by atoms with Crippen LogP contribution in [0.25, 0.3) is 0 Å². The Bertz CT molecular complexity index is 1090. The molecular formula is C22H21N3O7. The van der Waals surface area contributed by atoms with Crippen molar-refractivity contribution in [3.8, 4) is 11.5 Å². The van der Waals surface area contributed by atoms with Gasteiger partial charge < -0.3 is 24.8 Å².